The van der Waals surface area contributed by atoms with Gasteiger partial charge in [-0.25, -0.2) is 0 Å². The molecule has 0 aromatic rings. The minimum atomic E-state index is 0.494. The van der Waals surface area contributed by atoms with E-state index in [1.54, 1.807) is 0 Å². The second kappa shape index (κ2) is 4.07. The monoisotopic (exact) mass is 156 g/mol. The second-order valence-electron chi connectivity index (χ2n) is 3.80. The molecular formula is C9H20N2. The average molecular weight is 156 g/mol. The summed E-state index contributed by atoms with van der Waals surface area (Å²) in [7, 11) is 2.01. The second-order valence-corrected chi connectivity index (χ2v) is 3.80. The average Bonchev–Trinajstić information content (AvgIpc) is 1.95. The molecule has 0 heterocycles. The molecule has 0 saturated heterocycles. The van der Waals surface area contributed by atoms with E-state index in [4.69, 9.17) is 0 Å². The van der Waals surface area contributed by atoms with Crippen molar-refractivity contribution in [1.82, 2.24) is 10.6 Å². The molecule has 11 heavy (non-hydrogen) atoms. The lowest BCUT2D eigenvalue weighted by Gasteiger charge is -2.39. The summed E-state index contributed by atoms with van der Waals surface area (Å²) in [5.41, 5.74) is 0.494. The van der Waals surface area contributed by atoms with Crippen molar-refractivity contribution in [3.63, 3.8) is 0 Å². The third-order valence-corrected chi connectivity index (χ3v) is 2.61. The summed E-state index contributed by atoms with van der Waals surface area (Å²) in [5, 5.41) is 6.74. The molecule has 0 unspecified atom stereocenters. The maximum atomic E-state index is 3.59. The molecule has 1 fully saturated rings. The molecule has 1 aliphatic rings. The highest BCUT2D eigenvalue weighted by Gasteiger charge is 2.30. The van der Waals surface area contributed by atoms with Crippen LogP contribution in [0.15, 0.2) is 0 Å². The van der Waals surface area contributed by atoms with Crippen LogP contribution in [0.4, 0.5) is 0 Å². The molecule has 1 aliphatic carbocycles. The first-order valence-corrected chi connectivity index (χ1v) is 4.66. The van der Waals surface area contributed by atoms with Crippen molar-refractivity contribution in [3.05, 3.63) is 0 Å². The van der Waals surface area contributed by atoms with E-state index in [9.17, 15) is 0 Å². The molecule has 2 nitrogen and oxygen atoms in total. The fourth-order valence-electron chi connectivity index (χ4n) is 1.54. The summed E-state index contributed by atoms with van der Waals surface area (Å²) >= 11 is 0. The molecule has 2 heteroatoms. The molecule has 0 bridgehead atoms. The largest absolute Gasteiger partial charge is 0.320 e. The smallest absolute Gasteiger partial charge is 0.0153 e. The van der Waals surface area contributed by atoms with Crippen molar-refractivity contribution in [2.75, 3.05) is 20.1 Å². The van der Waals surface area contributed by atoms with Crippen molar-refractivity contribution in [3.8, 4) is 0 Å². The standard InChI is InChI=1S/C9H20N2/c1-9(5-3-6-9)11-8-4-7-10-2/h10-11H,3-8H2,1-2H3. The van der Waals surface area contributed by atoms with Crippen LogP contribution in [-0.4, -0.2) is 25.7 Å². The van der Waals surface area contributed by atoms with Crippen LogP contribution in [0.2, 0.25) is 0 Å². The van der Waals surface area contributed by atoms with E-state index in [0.717, 1.165) is 13.1 Å². The van der Waals surface area contributed by atoms with E-state index in [0.29, 0.717) is 5.54 Å². The van der Waals surface area contributed by atoms with Gasteiger partial charge in [0.2, 0.25) is 0 Å². The Morgan fingerprint density at radius 2 is 2.00 bits per heavy atom. The van der Waals surface area contributed by atoms with Gasteiger partial charge in [-0.2, -0.15) is 0 Å². The van der Waals surface area contributed by atoms with Crippen LogP contribution < -0.4 is 10.6 Å². The molecular weight excluding hydrogens is 136 g/mol. The predicted octanol–water partition coefficient (Wildman–Crippen LogP) is 1.13. The predicted molar refractivity (Wildman–Crippen MR) is 48.8 cm³/mol. The van der Waals surface area contributed by atoms with Gasteiger partial charge in [-0.05, 0) is 52.7 Å². The highest BCUT2D eigenvalue weighted by atomic mass is 15.0. The summed E-state index contributed by atoms with van der Waals surface area (Å²) in [5.74, 6) is 0. The molecule has 0 spiro atoms. The van der Waals surface area contributed by atoms with Crippen molar-refractivity contribution < 1.29 is 0 Å². The first kappa shape index (κ1) is 9.01. The first-order valence-electron chi connectivity index (χ1n) is 4.66. The zero-order valence-corrected chi connectivity index (χ0v) is 7.74. The zero-order chi connectivity index (χ0) is 8.16. The Labute approximate surface area is 69.8 Å². The van der Waals surface area contributed by atoms with E-state index in [2.05, 4.69) is 17.6 Å². The number of hydrogen-bond acceptors (Lipinski definition) is 2. The lowest BCUT2D eigenvalue weighted by molar-refractivity contribution is 0.209. The van der Waals surface area contributed by atoms with Crippen molar-refractivity contribution in [1.29, 1.82) is 0 Å². The van der Waals surface area contributed by atoms with Crippen molar-refractivity contribution in [2.24, 2.45) is 0 Å². The van der Waals surface area contributed by atoms with Crippen LogP contribution >= 0.6 is 0 Å². The van der Waals surface area contributed by atoms with Gasteiger partial charge in [0, 0.05) is 5.54 Å². The van der Waals surface area contributed by atoms with Crippen LogP contribution in [-0.2, 0) is 0 Å². The summed E-state index contributed by atoms with van der Waals surface area (Å²) in [6.07, 6.45) is 5.39. The Kier molecular flexibility index (Phi) is 3.34. The molecule has 0 aromatic heterocycles. The summed E-state index contributed by atoms with van der Waals surface area (Å²) in [4.78, 5) is 0. The van der Waals surface area contributed by atoms with Gasteiger partial charge in [-0.1, -0.05) is 0 Å². The lowest BCUT2D eigenvalue weighted by atomic mass is 9.78. The topological polar surface area (TPSA) is 24.1 Å². The fraction of sp³-hybridized carbons (Fsp3) is 1.00. The van der Waals surface area contributed by atoms with E-state index in [1.807, 2.05) is 7.05 Å². The van der Waals surface area contributed by atoms with Crippen LogP contribution in [0.3, 0.4) is 0 Å². The van der Waals surface area contributed by atoms with Gasteiger partial charge in [0.05, 0.1) is 0 Å². The molecule has 0 radical (unpaired) electrons. The number of rotatable bonds is 5. The zero-order valence-electron chi connectivity index (χ0n) is 7.74. The van der Waals surface area contributed by atoms with Gasteiger partial charge in [-0.15, -0.1) is 0 Å². The van der Waals surface area contributed by atoms with Crippen LogP contribution in [0, 0.1) is 0 Å². The maximum absolute atomic E-state index is 3.59. The minimum Gasteiger partial charge on any atom is -0.320 e. The Balaban J connectivity index is 1.94. The van der Waals surface area contributed by atoms with E-state index in [1.165, 1.54) is 25.7 Å². The molecule has 2 N–H and O–H groups in total. The van der Waals surface area contributed by atoms with Crippen molar-refractivity contribution in [2.45, 2.75) is 38.1 Å². The van der Waals surface area contributed by atoms with E-state index in [-0.39, 0.29) is 0 Å². The van der Waals surface area contributed by atoms with Crippen LogP contribution in [0.1, 0.15) is 32.6 Å². The van der Waals surface area contributed by atoms with Gasteiger partial charge in [0.15, 0.2) is 0 Å². The Morgan fingerprint density at radius 1 is 1.27 bits per heavy atom. The maximum Gasteiger partial charge on any atom is 0.0153 e. The van der Waals surface area contributed by atoms with Gasteiger partial charge in [-0.3, -0.25) is 0 Å². The van der Waals surface area contributed by atoms with E-state index < -0.39 is 0 Å². The molecule has 0 aromatic carbocycles. The normalized spacial score (nSPS) is 21.3. The minimum absolute atomic E-state index is 0.494. The van der Waals surface area contributed by atoms with Gasteiger partial charge >= 0.3 is 0 Å². The molecule has 0 aliphatic heterocycles. The van der Waals surface area contributed by atoms with Gasteiger partial charge in [0.25, 0.3) is 0 Å². The van der Waals surface area contributed by atoms with Crippen LogP contribution in [0.25, 0.3) is 0 Å². The molecule has 1 rings (SSSR count). The molecule has 0 atom stereocenters. The Bertz CT molecular complexity index is 108. The van der Waals surface area contributed by atoms with E-state index >= 15 is 0 Å². The lowest BCUT2D eigenvalue weighted by Crippen LogP contribution is -2.48. The third-order valence-electron chi connectivity index (χ3n) is 2.61. The van der Waals surface area contributed by atoms with Gasteiger partial charge in [0.1, 0.15) is 0 Å². The highest BCUT2D eigenvalue weighted by Crippen LogP contribution is 2.30. The number of hydrogen-bond donors (Lipinski definition) is 2. The summed E-state index contributed by atoms with van der Waals surface area (Å²) in [6, 6.07) is 0. The third kappa shape index (κ3) is 2.80. The SMILES string of the molecule is CNCCCNC1(C)CCC1. The summed E-state index contributed by atoms with van der Waals surface area (Å²) in [6.45, 7) is 4.62. The molecule has 66 valence electrons. The number of nitrogens with one attached hydrogen (secondary N) is 2. The first-order chi connectivity index (χ1) is 5.27. The molecule has 0 amide bonds. The fourth-order valence-corrected chi connectivity index (χ4v) is 1.54. The van der Waals surface area contributed by atoms with Gasteiger partial charge < -0.3 is 10.6 Å². The Hall–Kier alpha value is -0.0800. The molecule has 1 saturated carbocycles. The van der Waals surface area contributed by atoms with Crippen molar-refractivity contribution >= 4 is 0 Å². The summed E-state index contributed by atoms with van der Waals surface area (Å²) < 4.78 is 0. The Morgan fingerprint density at radius 3 is 2.45 bits per heavy atom. The quantitative estimate of drug-likeness (QED) is 0.583. The van der Waals surface area contributed by atoms with Crippen LogP contribution in [0.5, 0.6) is 0 Å². The highest BCUT2D eigenvalue weighted by molar-refractivity contribution is 4.91.